The van der Waals surface area contributed by atoms with E-state index in [1.165, 1.54) is 0 Å². The molecule has 0 aromatic heterocycles. The van der Waals surface area contributed by atoms with Crippen LogP contribution >= 0.6 is 12.6 Å². The molecule has 0 N–H and O–H groups in total. The van der Waals surface area contributed by atoms with Crippen molar-refractivity contribution in [2.24, 2.45) is 0 Å². The van der Waals surface area contributed by atoms with Crippen molar-refractivity contribution < 1.29 is 9.53 Å². The zero-order chi connectivity index (χ0) is 11.6. The summed E-state index contributed by atoms with van der Waals surface area (Å²) in [6, 6.07) is 5.44. The Hall–Kier alpha value is -0.960. The van der Waals surface area contributed by atoms with Gasteiger partial charge in [0.15, 0.2) is 0 Å². The van der Waals surface area contributed by atoms with Crippen LogP contribution in [0.3, 0.4) is 0 Å². The lowest BCUT2D eigenvalue weighted by Gasteiger charge is -2.20. The molecule has 0 amide bonds. The summed E-state index contributed by atoms with van der Waals surface area (Å²) in [6.45, 7) is 7.44. The standard InChI is InChI=1S/C12H16O2S/c1-8-5-6-9(15)7-10(8)11(13)14-12(2,3)4/h5-7,15H,1-4H3. The number of carbonyl (C=O) groups excluding carboxylic acids is 1. The van der Waals surface area contributed by atoms with Crippen LogP contribution in [0.2, 0.25) is 0 Å². The molecule has 0 heterocycles. The molecule has 1 aromatic carbocycles. The summed E-state index contributed by atoms with van der Waals surface area (Å²) in [5.74, 6) is -0.295. The Bertz CT molecular complexity index is 378. The lowest BCUT2D eigenvalue weighted by molar-refractivity contribution is 0.00685. The van der Waals surface area contributed by atoms with Crippen molar-refractivity contribution >= 4 is 18.6 Å². The summed E-state index contributed by atoms with van der Waals surface area (Å²) in [5.41, 5.74) is 1.02. The summed E-state index contributed by atoms with van der Waals surface area (Å²) in [4.78, 5) is 12.5. The van der Waals surface area contributed by atoms with E-state index in [4.69, 9.17) is 4.74 Å². The molecule has 0 bridgehead atoms. The average Bonchev–Trinajstić information content (AvgIpc) is 2.06. The van der Waals surface area contributed by atoms with Gasteiger partial charge in [0.05, 0.1) is 5.56 Å². The van der Waals surface area contributed by atoms with Crippen LogP contribution in [0.5, 0.6) is 0 Å². The number of benzene rings is 1. The third kappa shape index (κ3) is 3.59. The molecule has 0 radical (unpaired) electrons. The Labute approximate surface area is 96.1 Å². The van der Waals surface area contributed by atoms with Crippen molar-refractivity contribution in [3.63, 3.8) is 0 Å². The smallest absolute Gasteiger partial charge is 0.338 e. The summed E-state index contributed by atoms with van der Waals surface area (Å²) in [6.07, 6.45) is 0. The van der Waals surface area contributed by atoms with Crippen molar-refractivity contribution in [1.82, 2.24) is 0 Å². The molecule has 0 saturated carbocycles. The Morgan fingerprint density at radius 1 is 1.33 bits per heavy atom. The van der Waals surface area contributed by atoms with Crippen molar-refractivity contribution in [3.8, 4) is 0 Å². The molecule has 3 heteroatoms. The summed E-state index contributed by atoms with van der Waals surface area (Å²) in [7, 11) is 0. The molecular weight excluding hydrogens is 208 g/mol. The SMILES string of the molecule is Cc1ccc(S)cc1C(=O)OC(C)(C)C. The van der Waals surface area contributed by atoms with E-state index in [0.29, 0.717) is 5.56 Å². The Morgan fingerprint density at radius 3 is 2.47 bits per heavy atom. The molecule has 0 aliphatic rings. The first-order valence-corrected chi connectivity index (χ1v) is 5.27. The van der Waals surface area contributed by atoms with Crippen LogP contribution in [0.1, 0.15) is 36.7 Å². The lowest BCUT2D eigenvalue weighted by Crippen LogP contribution is -2.24. The third-order valence-electron chi connectivity index (χ3n) is 1.84. The second kappa shape index (κ2) is 4.27. The maximum absolute atomic E-state index is 11.8. The predicted octanol–water partition coefficient (Wildman–Crippen LogP) is 3.24. The monoisotopic (exact) mass is 224 g/mol. The van der Waals surface area contributed by atoms with Crippen LogP contribution in [-0.2, 0) is 4.74 Å². The molecule has 1 aromatic rings. The van der Waals surface area contributed by atoms with Crippen molar-refractivity contribution in [2.75, 3.05) is 0 Å². The van der Waals surface area contributed by atoms with E-state index in [-0.39, 0.29) is 5.97 Å². The average molecular weight is 224 g/mol. The van der Waals surface area contributed by atoms with Gasteiger partial charge < -0.3 is 4.74 Å². The topological polar surface area (TPSA) is 26.3 Å². The minimum Gasteiger partial charge on any atom is -0.456 e. The second-order valence-corrected chi connectivity index (χ2v) is 5.02. The van der Waals surface area contributed by atoms with Crippen LogP contribution in [0.15, 0.2) is 23.1 Å². The third-order valence-corrected chi connectivity index (χ3v) is 2.12. The molecule has 0 atom stereocenters. The lowest BCUT2D eigenvalue weighted by atomic mass is 10.1. The fourth-order valence-electron chi connectivity index (χ4n) is 1.16. The van der Waals surface area contributed by atoms with E-state index in [1.807, 2.05) is 39.8 Å². The Morgan fingerprint density at radius 2 is 1.93 bits per heavy atom. The van der Waals surface area contributed by atoms with Gasteiger partial charge in [0.1, 0.15) is 5.60 Å². The van der Waals surface area contributed by atoms with Gasteiger partial charge in [-0.1, -0.05) is 6.07 Å². The zero-order valence-electron chi connectivity index (χ0n) is 9.50. The minimum absolute atomic E-state index is 0.295. The highest BCUT2D eigenvalue weighted by Gasteiger charge is 2.19. The fourth-order valence-corrected chi connectivity index (χ4v) is 1.37. The first kappa shape index (κ1) is 12.1. The number of hydrogen-bond acceptors (Lipinski definition) is 3. The molecule has 82 valence electrons. The molecular formula is C12H16O2S. The normalized spacial score (nSPS) is 11.3. The largest absolute Gasteiger partial charge is 0.456 e. The maximum Gasteiger partial charge on any atom is 0.338 e. The number of hydrogen-bond donors (Lipinski definition) is 1. The van der Waals surface area contributed by atoms with E-state index in [2.05, 4.69) is 12.6 Å². The van der Waals surface area contributed by atoms with Gasteiger partial charge in [-0.3, -0.25) is 0 Å². The van der Waals surface area contributed by atoms with E-state index in [9.17, 15) is 4.79 Å². The maximum atomic E-state index is 11.8. The van der Waals surface area contributed by atoms with Crippen LogP contribution in [-0.4, -0.2) is 11.6 Å². The van der Waals surface area contributed by atoms with E-state index in [0.717, 1.165) is 10.5 Å². The molecule has 15 heavy (non-hydrogen) atoms. The van der Waals surface area contributed by atoms with Crippen molar-refractivity contribution in [1.29, 1.82) is 0 Å². The van der Waals surface area contributed by atoms with Gasteiger partial charge in [0.2, 0.25) is 0 Å². The first-order valence-electron chi connectivity index (χ1n) is 4.82. The summed E-state index contributed by atoms with van der Waals surface area (Å²) in [5, 5.41) is 0. The molecule has 0 saturated heterocycles. The quantitative estimate of drug-likeness (QED) is 0.585. The molecule has 0 fully saturated rings. The van der Waals surface area contributed by atoms with Crippen LogP contribution in [0.4, 0.5) is 0 Å². The van der Waals surface area contributed by atoms with Crippen LogP contribution < -0.4 is 0 Å². The van der Waals surface area contributed by atoms with Gasteiger partial charge in [0.25, 0.3) is 0 Å². The highest BCUT2D eigenvalue weighted by Crippen LogP contribution is 2.18. The van der Waals surface area contributed by atoms with Gasteiger partial charge in [0, 0.05) is 4.90 Å². The molecule has 0 aliphatic heterocycles. The fraction of sp³-hybridized carbons (Fsp3) is 0.417. The van der Waals surface area contributed by atoms with Gasteiger partial charge in [-0.05, 0) is 45.4 Å². The summed E-state index contributed by atoms with van der Waals surface area (Å²) < 4.78 is 5.29. The van der Waals surface area contributed by atoms with Crippen LogP contribution in [0.25, 0.3) is 0 Å². The van der Waals surface area contributed by atoms with Gasteiger partial charge in [-0.25, -0.2) is 4.79 Å². The highest BCUT2D eigenvalue weighted by atomic mass is 32.1. The molecule has 1 rings (SSSR count). The molecule has 2 nitrogen and oxygen atoms in total. The summed E-state index contributed by atoms with van der Waals surface area (Å²) >= 11 is 4.20. The molecule has 0 spiro atoms. The number of rotatable bonds is 1. The molecule has 0 aliphatic carbocycles. The highest BCUT2D eigenvalue weighted by molar-refractivity contribution is 7.80. The minimum atomic E-state index is -0.462. The number of carbonyl (C=O) groups is 1. The van der Waals surface area contributed by atoms with E-state index in [1.54, 1.807) is 6.07 Å². The number of thiol groups is 1. The predicted molar refractivity (Wildman–Crippen MR) is 63.6 cm³/mol. The van der Waals surface area contributed by atoms with Crippen molar-refractivity contribution in [3.05, 3.63) is 29.3 Å². The van der Waals surface area contributed by atoms with Gasteiger partial charge in [-0.2, -0.15) is 0 Å². The first-order chi connectivity index (χ1) is 6.79. The molecule has 0 unspecified atom stereocenters. The van der Waals surface area contributed by atoms with E-state index < -0.39 is 5.60 Å². The number of ether oxygens (including phenoxy) is 1. The van der Waals surface area contributed by atoms with Gasteiger partial charge in [-0.15, -0.1) is 12.6 Å². The van der Waals surface area contributed by atoms with E-state index >= 15 is 0 Å². The Balaban J connectivity index is 2.96. The second-order valence-electron chi connectivity index (χ2n) is 4.50. The Kier molecular flexibility index (Phi) is 3.45. The van der Waals surface area contributed by atoms with Gasteiger partial charge >= 0.3 is 5.97 Å². The van der Waals surface area contributed by atoms with Crippen LogP contribution in [0, 0.1) is 6.92 Å². The number of aryl methyl sites for hydroxylation is 1. The van der Waals surface area contributed by atoms with Crippen molar-refractivity contribution in [2.45, 2.75) is 38.2 Å². The zero-order valence-corrected chi connectivity index (χ0v) is 10.4. The number of esters is 1.